The summed E-state index contributed by atoms with van der Waals surface area (Å²) in [5, 5.41) is 12.2. The first-order chi connectivity index (χ1) is 14.6. The largest absolute Gasteiger partial charge is 0.494 e. The van der Waals surface area contributed by atoms with Gasteiger partial charge in [0, 0.05) is 29.6 Å². The van der Waals surface area contributed by atoms with E-state index in [4.69, 9.17) is 4.74 Å². The number of thioether (sulfide) groups is 1. The molecule has 1 aromatic heterocycles. The number of ether oxygens (including phenoxy) is 1. The Kier molecular flexibility index (Phi) is 7.68. The van der Waals surface area contributed by atoms with E-state index in [0.29, 0.717) is 12.2 Å². The van der Waals surface area contributed by atoms with E-state index in [2.05, 4.69) is 29.0 Å². The molecule has 0 atom stereocenters. The standard InChI is InChI=1S/C23H26N4O2S/c1-4-6-15-29-20-13-9-18(10-14-20)22(28)24-19-11-7-17(8-12-19)21-25-26-23(27(21)3)30-16-5-2/h5,7-14H,2,4,6,15-16H2,1,3H3,(H,24,28). The van der Waals surface area contributed by atoms with Gasteiger partial charge in [-0.2, -0.15) is 0 Å². The van der Waals surface area contributed by atoms with Crippen LogP contribution in [0.25, 0.3) is 11.4 Å². The molecule has 1 amide bonds. The van der Waals surface area contributed by atoms with Gasteiger partial charge in [-0.15, -0.1) is 16.8 Å². The van der Waals surface area contributed by atoms with E-state index in [9.17, 15) is 4.79 Å². The molecule has 0 radical (unpaired) electrons. The third-order valence-corrected chi connectivity index (χ3v) is 5.47. The fourth-order valence-electron chi connectivity index (χ4n) is 2.77. The molecule has 156 valence electrons. The van der Waals surface area contributed by atoms with E-state index in [-0.39, 0.29) is 5.91 Å². The molecule has 1 heterocycles. The van der Waals surface area contributed by atoms with Crippen LogP contribution in [0.3, 0.4) is 0 Å². The zero-order chi connectivity index (χ0) is 21.3. The second-order valence-corrected chi connectivity index (χ2v) is 7.71. The lowest BCUT2D eigenvalue weighted by Gasteiger charge is -2.08. The average molecular weight is 423 g/mol. The Morgan fingerprint density at radius 3 is 2.57 bits per heavy atom. The molecule has 0 aliphatic rings. The maximum absolute atomic E-state index is 12.5. The fourth-order valence-corrected chi connectivity index (χ4v) is 3.41. The van der Waals surface area contributed by atoms with E-state index in [1.54, 1.807) is 23.9 Å². The molecule has 0 saturated heterocycles. The van der Waals surface area contributed by atoms with Crippen molar-refractivity contribution in [2.24, 2.45) is 7.05 Å². The molecule has 0 bridgehead atoms. The number of aromatic nitrogens is 3. The predicted molar refractivity (Wildman–Crippen MR) is 122 cm³/mol. The molecule has 7 heteroatoms. The SMILES string of the molecule is C=CCSc1nnc(-c2ccc(NC(=O)c3ccc(OCCCC)cc3)cc2)n1C. The van der Waals surface area contributed by atoms with Gasteiger partial charge in [0.1, 0.15) is 5.75 Å². The quantitative estimate of drug-likeness (QED) is 0.277. The monoisotopic (exact) mass is 422 g/mol. The Hall–Kier alpha value is -3.06. The Bertz CT molecular complexity index is 981. The molecule has 0 aliphatic carbocycles. The Labute approximate surface area is 181 Å². The van der Waals surface area contributed by atoms with Crippen molar-refractivity contribution >= 4 is 23.4 Å². The minimum Gasteiger partial charge on any atom is -0.494 e. The molecular weight excluding hydrogens is 396 g/mol. The normalized spacial score (nSPS) is 10.6. The zero-order valence-electron chi connectivity index (χ0n) is 17.3. The maximum Gasteiger partial charge on any atom is 0.255 e. The predicted octanol–water partition coefficient (Wildman–Crippen LogP) is 5.19. The Morgan fingerprint density at radius 1 is 1.17 bits per heavy atom. The third kappa shape index (κ3) is 5.51. The highest BCUT2D eigenvalue weighted by molar-refractivity contribution is 7.99. The van der Waals surface area contributed by atoms with Crippen LogP contribution in [-0.4, -0.2) is 33.0 Å². The number of nitrogens with zero attached hydrogens (tertiary/aromatic N) is 3. The molecule has 2 aromatic carbocycles. The van der Waals surface area contributed by atoms with Gasteiger partial charge in [0.15, 0.2) is 11.0 Å². The number of carbonyl (C=O) groups excluding carboxylic acids is 1. The highest BCUT2D eigenvalue weighted by atomic mass is 32.2. The van der Waals surface area contributed by atoms with Crippen molar-refractivity contribution in [1.29, 1.82) is 0 Å². The molecule has 0 aliphatic heterocycles. The van der Waals surface area contributed by atoms with Crippen molar-refractivity contribution in [2.75, 3.05) is 17.7 Å². The summed E-state index contributed by atoms with van der Waals surface area (Å²) in [6, 6.07) is 14.8. The molecule has 3 rings (SSSR count). The van der Waals surface area contributed by atoms with Crippen LogP contribution in [0, 0.1) is 0 Å². The second kappa shape index (κ2) is 10.6. The molecule has 0 saturated carbocycles. The summed E-state index contributed by atoms with van der Waals surface area (Å²) in [5.74, 6) is 2.17. The number of nitrogens with one attached hydrogen (secondary N) is 1. The summed E-state index contributed by atoms with van der Waals surface area (Å²) >= 11 is 1.58. The van der Waals surface area contributed by atoms with E-state index in [0.717, 1.165) is 46.6 Å². The van der Waals surface area contributed by atoms with Crippen LogP contribution in [0.2, 0.25) is 0 Å². The molecule has 0 spiro atoms. The molecule has 6 nitrogen and oxygen atoms in total. The summed E-state index contributed by atoms with van der Waals surface area (Å²) in [6.45, 7) is 6.54. The van der Waals surface area contributed by atoms with Crippen molar-refractivity contribution in [3.05, 3.63) is 66.7 Å². The zero-order valence-corrected chi connectivity index (χ0v) is 18.1. The van der Waals surface area contributed by atoms with Crippen molar-refractivity contribution < 1.29 is 9.53 Å². The Balaban J connectivity index is 1.62. The van der Waals surface area contributed by atoms with Gasteiger partial charge in [0.05, 0.1) is 6.61 Å². The van der Waals surface area contributed by atoms with Gasteiger partial charge in [-0.3, -0.25) is 4.79 Å². The van der Waals surface area contributed by atoms with E-state index >= 15 is 0 Å². The van der Waals surface area contributed by atoms with Crippen LogP contribution >= 0.6 is 11.8 Å². The van der Waals surface area contributed by atoms with Crippen LogP contribution < -0.4 is 10.1 Å². The summed E-state index contributed by atoms with van der Waals surface area (Å²) < 4.78 is 7.59. The number of amides is 1. The van der Waals surface area contributed by atoms with Gasteiger partial charge >= 0.3 is 0 Å². The Morgan fingerprint density at radius 2 is 1.90 bits per heavy atom. The number of hydrogen-bond donors (Lipinski definition) is 1. The van der Waals surface area contributed by atoms with Crippen LogP contribution in [0.1, 0.15) is 30.1 Å². The first-order valence-corrected chi connectivity index (χ1v) is 10.9. The molecule has 1 N–H and O–H groups in total. The number of anilines is 1. The second-order valence-electron chi connectivity index (χ2n) is 6.72. The fraction of sp³-hybridized carbons (Fsp3) is 0.261. The van der Waals surface area contributed by atoms with Crippen LogP contribution in [-0.2, 0) is 7.05 Å². The summed E-state index contributed by atoms with van der Waals surface area (Å²) in [6.07, 6.45) is 3.94. The maximum atomic E-state index is 12.5. The number of unbranched alkanes of at least 4 members (excludes halogenated alkanes) is 1. The molecule has 0 fully saturated rings. The van der Waals surface area contributed by atoms with E-state index < -0.39 is 0 Å². The third-order valence-electron chi connectivity index (χ3n) is 4.45. The van der Waals surface area contributed by atoms with Gasteiger partial charge in [-0.05, 0) is 55.0 Å². The lowest BCUT2D eigenvalue weighted by Crippen LogP contribution is -2.11. The summed E-state index contributed by atoms with van der Waals surface area (Å²) in [5.41, 5.74) is 2.23. The van der Waals surface area contributed by atoms with Gasteiger partial charge < -0.3 is 14.6 Å². The molecular formula is C23H26N4O2S. The smallest absolute Gasteiger partial charge is 0.255 e. The number of rotatable bonds is 10. The summed E-state index contributed by atoms with van der Waals surface area (Å²) in [7, 11) is 1.94. The number of hydrogen-bond acceptors (Lipinski definition) is 5. The number of benzene rings is 2. The average Bonchev–Trinajstić information content (AvgIpc) is 3.13. The molecule has 0 unspecified atom stereocenters. The number of carbonyl (C=O) groups is 1. The van der Waals surface area contributed by atoms with E-state index in [1.807, 2.05) is 54.1 Å². The van der Waals surface area contributed by atoms with Crippen molar-refractivity contribution in [3.8, 4) is 17.1 Å². The lowest BCUT2D eigenvalue weighted by molar-refractivity contribution is 0.102. The van der Waals surface area contributed by atoms with Gasteiger partial charge in [0.2, 0.25) is 0 Å². The van der Waals surface area contributed by atoms with Gasteiger partial charge in [0.25, 0.3) is 5.91 Å². The first-order valence-electron chi connectivity index (χ1n) is 9.90. The van der Waals surface area contributed by atoms with Crippen molar-refractivity contribution in [1.82, 2.24) is 14.8 Å². The first kappa shape index (κ1) is 21.6. The van der Waals surface area contributed by atoms with Crippen LogP contribution in [0.15, 0.2) is 66.3 Å². The topological polar surface area (TPSA) is 69.0 Å². The minimum atomic E-state index is -0.162. The van der Waals surface area contributed by atoms with Crippen molar-refractivity contribution in [2.45, 2.75) is 24.9 Å². The van der Waals surface area contributed by atoms with Crippen molar-refractivity contribution in [3.63, 3.8) is 0 Å². The minimum absolute atomic E-state index is 0.162. The van der Waals surface area contributed by atoms with E-state index in [1.165, 1.54) is 0 Å². The molecule has 30 heavy (non-hydrogen) atoms. The molecule has 3 aromatic rings. The lowest BCUT2D eigenvalue weighted by atomic mass is 10.1. The highest BCUT2D eigenvalue weighted by Gasteiger charge is 2.11. The van der Waals surface area contributed by atoms with Gasteiger partial charge in [-0.1, -0.05) is 31.2 Å². The van der Waals surface area contributed by atoms with Crippen LogP contribution in [0.4, 0.5) is 5.69 Å². The summed E-state index contributed by atoms with van der Waals surface area (Å²) in [4.78, 5) is 12.5. The highest BCUT2D eigenvalue weighted by Crippen LogP contribution is 2.24. The van der Waals surface area contributed by atoms with Crippen LogP contribution in [0.5, 0.6) is 5.75 Å². The van der Waals surface area contributed by atoms with Gasteiger partial charge in [-0.25, -0.2) is 0 Å².